The number of nitrogens with one attached hydrogen (secondary N) is 2. The molecule has 4 heterocycles. The number of rotatable bonds is 5. The first-order chi connectivity index (χ1) is 15.3. The van der Waals surface area contributed by atoms with E-state index < -0.39 is 0 Å². The molecule has 31 heavy (non-hydrogen) atoms. The van der Waals surface area contributed by atoms with Crippen molar-refractivity contribution in [3.8, 4) is 11.3 Å². The third-order valence-corrected chi connectivity index (χ3v) is 5.55. The zero-order chi connectivity index (χ0) is 21.0. The van der Waals surface area contributed by atoms with Gasteiger partial charge in [0.25, 0.3) is 0 Å². The minimum absolute atomic E-state index is 0.0520. The second kappa shape index (κ2) is 9.09. The van der Waals surface area contributed by atoms with Crippen LogP contribution in [0, 0.1) is 5.82 Å². The molecule has 1 aromatic carbocycles. The summed E-state index contributed by atoms with van der Waals surface area (Å²) in [6, 6.07) is 7.09. The van der Waals surface area contributed by atoms with Crippen LogP contribution in [0.25, 0.3) is 22.3 Å². The van der Waals surface area contributed by atoms with Gasteiger partial charge in [-0.2, -0.15) is 0 Å². The molecule has 2 aliphatic rings. The maximum absolute atomic E-state index is 14.9. The van der Waals surface area contributed by atoms with Gasteiger partial charge >= 0.3 is 0 Å². The molecule has 2 aromatic heterocycles. The first-order valence-electron chi connectivity index (χ1n) is 10.6. The van der Waals surface area contributed by atoms with E-state index in [2.05, 4.69) is 20.6 Å². The van der Waals surface area contributed by atoms with Crippen LogP contribution in [0.1, 0.15) is 0 Å². The SMILES string of the molecule is Fc1cc(-c2cc3nccnc3c(NC[C@H]3CNCCO3)n2)ccc1N1CCOCC1. The zero-order valence-electron chi connectivity index (χ0n) is 17.2. The van der Waals surface area contributed by atoms with Crippen LogP contribution in [-0.2, 0) is 9.47 Å². The summed E-state index contributed by atoms with van der Waals surface area (Å²) in [5.41, 5.74) is 3.31. The summed E-state index contributed by atoms with van der Waals surface area (Å²) in [4.78, 5) is 15.6. The Kier molecular flexibility index (Phi) is 5.88. The van der Waals surface area contributed by atoms with E-state index in [0.29, 0.717) is 73.3 Å². The molecule has 8 nitrogen and oxygen atoms in total. The van der Waals surface area contributed by atoms with E-state index in [1.807, 2.05) is 23.1 Å². The number of ether oxygens (including phenoxy) is 2. The highest BCUT2D eigenvalue weighted by molar-refractivity contribution is 5.88. The number of anilines is 2. The van der Waals surface area contributed by atoms with Gasteiger partial charge in [-0.1, -0.05) is 6.07 Å². The lowest BCUT2D eigenvalue weighted by atomic mass is 10.1. The molecule has 0 aliphatic carbocycles. The lowest BCUT2D eigenvalue weighted by Gasteiger charge is -2.29. The molecule has 0 spiro atoms. The van der Waals surface area contributed by atoms with Crippen molar-refractivity contribution in [1.29, 1.82) is 0 Å². The third-order valence-electron chi connectivity index (χ3n) is 5.55. The Balaban J connectivity index is 1.44. The van der Waals surface area contributed by atoms with Gasteiger partial charge in [-0.25, -0.2) is 14.4 Å². The minimum atomic E-state index is -0.267. The maximum Gasteiger partial charge on any atom is 0.154 e. The Labute approximate surface area is 179 Å². The highest BCUT2D eigenvalue weighted by atomic mass is 19.1. The van der Waals surface area contributed by atoms with E-state index in [0.717, 1.165) is 13.1 Å². The number of benzene rings is 1. The van der Waals surface area contributed by atoms with E-state index in [1.54, 1.807) is 12.4 Å². The van der Waals surface area contributed by atoms with Crippen molar-refractivity contribution in [1.82, 2.24) is 20.3 Å². The van der Waals surface area contributed by atoms with Gasteiger partial charge in [-0.05, 0) is 18.2 Å². The number of fused-ring (bicyclic) bond motifs is 1. The molecule has 2 fully saturated rings. The smallest absolute Gasteiger partial charge is 0.154 e. The summed E-state index contributed by atoms with van der Waals surface area (Å²) >= 11 is 0. The molecule has 9 heteroatoms. The molecule has 162 valence electrons. The molecule has 1 atom stereocenters. The minimum Gasteiger partial charge on any atom is -0.378 e. The van der Waals surface area contributed by atoms with Crippen LogP contribution in [0.4, 0.5) is 15.9 Å². The molecular formula is C22H25FN6O2. The molecule has 2 saturated heterocycles. The molecule has 3 aromatic rings. The van der Waals surface area contributed by atoms with Crippen LogP contribution in [-0.4, -0.2) is 73.6 Å². The number of pyridine rings is 1. The molecule has 0 bridgehead atoms. The summed E-state index contributed by atoms with van der Waals surface area (Å²) in [6.45, 7) is 5.53. The highest BCUT2D eigenvalue weighted by Crippen LogP contribution is 2.29. The molecule has 0 saturated carbocycles. The summed E-state index contributed by atoms with van der Waals surface area (Å²) in [6.07, 6.45) is 3.34. The van der Waals surface area contributed by atoms with Crippen molar-refractivity contribution in [2.24, 2.45) is 0 Å². The van der Waals surface area contributed by atoms with Crippen LogP contribution >= 0.6 is 0 Å². The van der Waals surface area contributed by atoms with E-state index in [4.69, 9.17) is 14.5 Å². The molecule has 5 rings (SSSR count). The summed E-state index contributed by atoms with van der Waals surface area (Å²) in [5, 5.41) is 6.67. The number of nitrogens with zero attached hydrogens (tertiary/aromatic N) is 4. The van der Waals surface area contributed by atoms with Gasteiger partial charge in [-0.3, -0.25) is 4.98 Å². The van der Waals surface area contributed by atoms with Crippen LogP contribution in [0.2, 0.25) is 0 Å². The van der Waals surface area contributed by atoms with Gasteiger partial charge in [-0.15, -0.1) is 0 Å². The number of halogens is 1. The van der Waals surface area contributed by atoms with Gasteiger partial charge in [0.1, 0.15) is 11.3 Å². The van der Waals surface area contributed by atoms with Crippen LogP contribution < -0.4 is 15.5 Å². The van der Waals surface area contributed by atoms with Gasteiger partial charge in [0.05, 0.1) is 42.8 Å². The Morgan fingerprint density at radius 3 is 2.81 bits per heavy atom. The fraction of sp³-hybridized carbons (Fsp3) is 0.409. The molecule has 0 unspecified atom stereocenters. The third kappa shape index (κ3) is 4.43. The highest BCUT2D eigenvalue weighted by Gasteiger charge is 2.18. The second-order valence-corrected chi connectivity index (χ2v) is 7.62. The Hall–Kier alpha value is -2.88. The monoisotopic (exact) mass is 424 g/mol. The summed E-state index contributed by atoms with van der Waals surface area (Å²) in [5.74, 6) is 0.351. The van der Waals surface area contributed by atoms with Crippen molar-refractivity contribution in [3.05, 3.63) is 42.5 Å². The lowest BCUT2D eigenvalue weighted by molar-refractivity contribution is 0.0372. The van der Waals surface area contributed by atoms with E-state index in [9.17, 15) is 4.39 Å². The van der Waals surface area contributed by atoms with Crippen LogP contribution in [0.3, 0.4) is 0 Å². The Bertz CT molecular complexity index is 1050. The second-order valence-electron chi connectivity index (χ2n) is 7.62. The topological polar surface area (TPSA) is 84.4 Å². The van der Waals surface area contributed by atoms with Crippen molar-refractivity contribution in [2.45, 2.75) is 6.10 Å². The van der Waals surface area contributed by atoms with Crippen molar-refractivity contribution >= 4 is 22.5 Å². The quantitative estimate of drug-likeness (QED) is 0.644. The fourth-order valence-corrected chi connectivity index (χ4v) is 3.93. The predicted octanol–water partition coefficient (Wildman–Crippen LogP) is 2.07. The average Bonchev–Trinajstić information content (AvgIpc) is 2.83. The summed E-state index contributed by atoms with van der Waals surface area (Å²) < 4.78 is 26.1. The van der Waals surface area contributed by atoms with Crippen molar-refractivity contribution < 1.29 is 13.9 Å². The van der Waals surface area contributed by atoms with E-state index in [1.165, 1.54) is 6.07 Å². The number of aromatic nitrogens is 3. The number of hydrogen-bond acceptors (Lipinski definition) is 8. The molecule has 2 N–H and O–H groups in total. The van der Waals surface area contributed by atoms with Gasteiger partial charge < -0.3 is 25.0 Å². The molecular weight excluding hydrogens is 399 g/mol. The average molecular weight is 424 g/mol. The van der Waals surface area contributed by atoms with E-state index in [-0.39, 0.29) is 11.9 Å². The van der Waals surface area contributed by atoms with Gasteiger partial charge in [0.15, 0.2) is 5.82 Å². The Morgan fingerprint density at radius 2 is 2.00 bits per heavy atom. The maximum atomic E-state index is 14.9. The van der Waals surface area contributed by atoms with Gasteiger partial charge in [0, 0.05) is 50.7 Å². The zero-order valence-corrected chi connectivity index (χ0v) is 17.2. The largest absolute Gasteiger partial charge is 0.378 e. The van der Waals surface area contributed by atoms with Gasteiger partial charge in [0.2, 0.25) is 0 Å². The van der Waals surface area contributed by atoms with E-state index >= 15 is 0 Å². The first-order valence-corrected chi connectivity index (χ1v) is 10.6. The van der Waals surface area contributed by atoms with Crippen molar-refractivity contribution in [2.75, 3.05) is 62.8 Å². The lowest BCUT2D eigenvalue weighted by Crippen LogP contribution is -2.42. The molecule has 0 radical (unpaired) electrons. The Morgan fingerprint density at radius 1 is 1.13 bits per heavy atom. The normalized spacial score (nSPS) is 19.5. The van der Waals surface area contributed by atoms with Crippen LogP contribution in [0.15, 0.2) is 36.7 Å². The fourth-order valence-electron chi connectivity index (χ4n) is 3.93. The van der Waals surface area contributed by atoms with Crippen molar-refractivity contribution in [3.63, 3.8) is 0 Å². The molecule has 2 aliphatic heterocycles. The van der Waals surface area contributed by atoms with Crippen LogP contribution in [0.5, 0.6) is 0 Å². The predicted molar refractivity (Wildman–Crippen MR) is 117 cm³/mol. The molecule has 0 amide bonds. The first kappa shape index (κ1) is 20.0. The summed E-state index contributed by atoms with van der Waals surface area (Å²) in [7, 11) is 0. The number of hydrogen-bond donors (Lipinski definition) is 2. The standard InChI is InChI=1S/C22H25FN6O2/c23-17-11-15(1-2-20(17)29-6-9-30-10-7-29)18-12-19-21(26-4-3-25-19)22(28-18)27-14-16-13-24-5-8-31-16/h1-4,11-12,16,24H,5-10,13-14H2,(H,27,28)/t16-/m1/s1. The number of morpholine rings is 2.